The number of thiazole rings is 1. The lowest BCUT2D eigenvalue weighted by molar-refractivity contribution is -0.138. The molecule has 0 spiro atoms. The van der Waals surface area contributed by atoms with Crippen LogP contribution in [0, 0.1) is 0 Å². The van der Waals surface area contributed by atoms with Crippen LogP contribution in [0.3, 0.4) is 0 Å². The van der Waals surface area contributed by atoms with Gasteiger partial charge in [0.25, 0.3) is 0 Å². The van der Waals surface area contributed by atoms with Crippen molar-refractivity contribution in [2.24, 2.45) is 0 Å². The Balaban J connectivity index is 1.82. The minimum Gasteiger partial charge on any atom is -0.497 e. The number of fused-ring (bicyclic) bond motifs is 1. The number of aliphatic carboxylic acids is 1. The molecule has 20 heavy (non-hydrogen) atoms. The van der Waals surface area contributed by atoms with Gasteiger partial charge in [0.05, 0.1) is 12.8 Å². The molecule has 0 saturated heterocycles. The minimum atomic E-state index is -0.790. The summed E-state index contributed by atoms with van der Waals surface area (Å²) in [6, 6.07) is 7.56. The number of carboxylic acid groups (broad SMARTS) is 1. The number of benzene rings is 1. The fourth-order valence-corrected chi connectivity index (χ4v) is 3.40. The molecule has 0 fully saturated rings. The molecule has 1 unspecified atom stereocenters. The highest BCUT2D eigenvalue weighted by Crippen LogP contribution is 2.39. The van der Waals surface area contributed by atoms with Gasteiger partial charge in [0.15, 0.2) is 5.13 Å². The van der Waals surface area contributed by atoms with E-state index in [-0.39, 0.29) is 0 Å². The molecular formula is C14H14N2O3S. The number of carbonyl (C=O) groups is 1. The van der Waals surface area contributed by atoms with E-state index in [1.165, 1.54) is 11.3 Å². The van der Waals surface area contributed by atoms with Gasteiger partial charge in [-0.2, -0.15) is 0 Å². The molecule has 1 aromatic carbocycles. The number of methoxy groups -OCH3 is 1. The number of carboxylic acids is 1. The molecule has 104 valence electrons. The summed E-state index contributed by atoms with van der Waals surface area (Å²) >= 11 is 1.53. The Morgan fingerprint density at radius 2 is 2.40 bits per heavy atom. The molecule has 1 heterocycles. The van der Waals surface area contributed by atoms with Crippen LogP contribution in [0.4, 0.5) is 10.8 Å². The number of rotatable bonds is 4. The van der Waals surface area contributed by atoms with E-state index in [0.717, 1.165) is 27.9 Å². The number of ether oxygens (including phenoxy) is 1. The molecule has 1 aromatic heterocycles. The summed E-state index contributed by atoms with van der Waals surface area (Å²) in [6.45, 7) is 0. The topological polar surface area (TPSA) is 71.5 Å². The highest BCUT2D eigenvalue weighted by molar-refractivity contribution is 7.15. The summed E-state index contributed by atoms with van der Waals surface area (Å²) in [6.07, 6.45) is 1.45. The molecule has 0 amide bonds. The predicted octanol–water partition coefficient (Wildman–Crippen LogP) is 3.01. The van der Waals surface area contributed by atoms with E-state index in [4.69, 9.17) is 9.84 Å². The number of aromatic nitrogens is 1. The molecule has 0 saturated carbocycles. The van der Waals surface area contributed by atoms with Crippen molar-refractivity contribution in [3.63, 3.8) is 0 Å². The standard InChI is InChI=1S/C14H14N2O3S/c1-19-9-4-2-3-8(7-9)15-14-16-12-10(13(17)18)5-6-11(12)20-14/h2-4,7,10H,5-6H2,1H3,(H,15,16)(H,17,18). The Bertz CT molecular complexity index is 654. The van der Waals surface area contributed by atoms with Crippen LogP contribution in [0.1, 0.15) is 22.9 Å². The summed E-state index contributed by atoms with van der Waals surface area (Å²) in [5.74, 6) is -0.480. The maximum Gasteiger partial charge on any atom is 0.312 e. The minimum absolute atomic E-state index is 0.456. The molecule has 1 aliphatic carbocycles. The first kappa shape index (κ1) is 12.9. The van der Waals surface area contributed by atoms with E-state index in [2.05, 4.69) is 10.3 Å². The lowest BCUT2D eigenvalue weighted by atomic mass is 10.1. The van der Waals surface area contributed by atoms with Gasteiger partial charge in [-0.05, 0) is 25.0 Å². The zero-order chi connectivity index (χ0) is 14.1. The third-order valence-electron chi connectivity index (χ3n) is 3.34. The van der Waals surface area contributed by atoms with Crippen LogP contribution in [-0.4, -0.2) is 23.2 Å². The van der Waals surface area contributed by atoms with Gasteiger partial charge in [0.2, 0.25) is 0 Å². The van der Waals surface area contributed by atoms with Gasteiger partial charge in [-0.3, -0.25) is 4.79 Å². The van der Waals surface area contributed by atoms with Crippen LogP contribution in [0.15, 0.2) is 24.3 Å². The molecule has 1 aliphatic rings. The molecular weight excluding hydrogens is 276 g/mol. The van der Waals surface area contributed by atoms with E-state index < -0.39 is 11.9 Å². The van der Waals surface area contributed by atoms with Crippen molar-refractivity contribution >= 4 is 28.1 Å². The second kappa shape index (κ2) is 5.13. The number of nitrogens with zero attached hydrogens (tertiary/aromatic N) is 1. The average Bonchev–Trinajstić information content (AvgIpc) is 2.98. The monoisotopic (exact) mass is 290 g/mol. The summed E-state index contributed by atoms with van der Waals surface area (Å²) in [7, 11) is 1.62. The van der Waals surface area contributed by atoms with Gasteiger partial charge < -0.3 is 15.2 Å². The van der Waals surface area contributed by atoms with Gasteiger partial charge in [-0.25, -0.2) is 4.98 Å². The summed E-state index contributed by atoms with van der Waals surface area (Å²) in [5.41, 5.74) is 1.59. The van der Waals surface area contributed by atoms with Crippen LogP contribution >= 0.6 is 11.3 Å². The van der Waals surface area contributed by atoms with Gasteiger partial charge in [0.1, 0.15) is 11.7 Å². The smallest absolute Gasteiger partial charge is 0.312 e. The lowest BCUT2D eigenvalue weighted by Crippen LogP contribution is -2.08. The Morgan fingerprint density at radius 1 is 1.55 bits per heavy atom. The first-order valence-electron chi connectivity index (χ1n) is 6.31. The summed E-state index contributed by atoms with van der Waals surface area (Å²) < 4.78 is 5.17. The maximum atomic E-state index is 11.1. The Labute approximate surface area is 120 Å². The zero-order valence-electron chi connectivity index (χ0n) is 10.9. The molecule has 0 aliphatic heterocycles. The van der Waals surface area contributed by atoms with Gasteiger partial charge in [-0.15, -0.1) is 11.3 Å². The number of hydrogen-bond donors (Lipinski definition) is 2. The van der Waals surface area contributed by atoms with Crippen molar-refractivity contribution < 1.29 is 14.6 Å². The highest BCUT2D eigenvalue weighted by atomic mass is 32.1. The summed E-state index contributed by atoms with van der Waals surface area (Å²) in [4.78, 5) is 16.6. The second-order valence-electron chi connectivity index (χ2n) is 4.61. The molecule has 0 radical (unpaired) electrons. The Kier molecular flexibility index (Phi) is 3.31. The number of hydrogen-bond acceptors (Lipinski definition) is 5. The van der Waals surface area contributed by atoms with E-state index in [0.29, 0.717) is 12.1 Å². The van der Waals surface area contributed by atoms with Crippen molar-refractivity contribution in [3.05, 3.63) is 34.8 Å². The molecule has 6 heteroatoms. The van der Waals surface area contributed by atoms with E-state index in [9.17, 15) is 4.79 Å². The summed E-state index contributed by atoms with van der Waals surface area (Å²) in [5, 5.41) is 13.1. The van der Waals surface area contributed by atoms with Crippen molar-refractivity contribution in [2.75, 3.05) is 12.4 Å². The normalized spacial score (nSPS) is 16.8. The average molecular weight is 290 g/mol. The fraction of sp³-hybridized carbons (Fsp3) is 0.286. The van der Waals surface area contributed by atoms with Crippen LogP contribution in [-0.2, 0) is 11.2 Å². The van der Waals surface area contributed by atoms with Crippen LogP contribution in [0.5, 0.6) is 5.75 Å². The molecule has 2 N–H and O–H groups in total. The van der Waals surface area contributed by atoms with Crippen molar-refractivity contribution in [1.82, 2.24) is 4.98 Å². The van der Waals surface area contributed by atoms with E-state index in [1.54, 1.807) is 7.11 Å². The van der Waals surface area contributed by atoms with Crippen LogP contribution in [0.25, 0.3) is 0 Å². The predicted molar refractivity (Wildman–Crippen MR) is 77.1 cm³/mol. The van der Waals surface area contributed by atoms with Crippen molar-refractivity contribution in [3.8, 4) is 5.75 Å². The first-order valence-corrected chi connectivity index (χ1v) is 7.12. The molecule has 1 atom stereocenters. The maximum absolute atomic E-state index is 11.1. The fourth-order valence-electron chi connectivity index (χ4n) is 2.35. The van der Waals surface area contributed by atoms with Crippen LogP contribution < -0.4 is 10.1 Å². The largest absolute Gasteiger partial charge is 0.497 e. The molecule has 5 nitrogen and oxygen atoms in total. The van der Waals surface area contributed by atoms with Gasteiger partial charge >= 0.3 is 5.97 Å². The third kappa shape index (κ3) is 2.34. The van der Waals surface area contributed by atoms with Crippen LogP contribution in [0.2, 0.25) is 0 Å². The van der Waals surface area contributed by atoms with E-state index in [1.807, 2.05) is 24.3 Å². The second-order valence-corrected chi connectivity index (χ2v) is 5.70. The number of nitrogens with one attached hydrogen (secondary N) is 1. The SMILES string of the molecule is COc1cccc(Nc2nc3c(s2)CCC3C(=O)O)c1. The number of aryl methyl sites for hydroxylation is 1. The van der Waals surface area contributed by atoms with E-state index >= 15 is 0 Å². The molecule has 3 rings (SSSR count). The Morgan fingerprint density at radius 3 is 3.15 bits per heavy atom. The van der Waals surface area contributed by atoms with Crippen molar-refractivity contribution in [2.45, 2.75) is 18.8 Å². The first-order chi connectivity index (χ1) is 9.67. The number of anilines is 2. The molecule has 0 bridgehead atoms. The quantitative estimate of drug-likeness (QED) is 0.905. The van der Waals surface area contributed by atoms with Gasteiger partial charge in [0, 0.05) is 16.6 Å². The highest BCUT2D eigenvalue weighted by Gasteiger charge is 2.32. The lowest BCUT2D eigenvalue weighted by Gasteiger charge is -2.05. The molecule has 2 aromatic rings. The third-order valence-corrected chi connectivity index (χ3v) is 4.38. The Hall–Kier alpha value is -2.08. The van der Waals surface area contributed by atoms with Crippen molar-refractivity contribution in [1.29, 1.82) is 0 Å². The zero-order valence-corrected chi connectivity index (χ0v) is 11.7. The van der Waals surface area contributed by atoms with Gasteiger partial charge in [-0.1, -0.05) is 6.07 Å².